The fourth-order valence-corrected chi connectivity index (χ4v) is 3.01. The molecule has 3 N–H and O–H groups in total. The standard InChI is InChI=1S/C13H21N3O2S2/c1-4-8-19-9-7-15-13-6-5-11(10-12(13)14)20(17,18)16(2)3/h4-6,10,15H,1,7-9,14H2,2-3H3. The van der Waals surface area contributed by atoms with Gasteiger partial charge in [-0.3, -0.25) is 0 Å². The number of rotatable bonds is 8. The second-order valence-electron chi connectivity index (χ2n) is 4.33. The lowest BCUT2D eigenvalue weighted by molar-refractivity contribution is 0.521. The van der Waals surface area contributed by atoms with Crippen LogP contribution in [0.5, 0.6) is 0 Å². The van der Waals surface area contributed by atoms with Crippen LogP contribution in [-0.4, -0.2) is 44.9 Å². The number of hydrogen-bond acceptors (Lipinski definition) is 5. The first-order valence-corrected chi connectivity index (χ1v) is 8.73. The lowest BCUT2D eigenvalue weighted by atomic mass is 10.2. The minimum atomic E-state index is -3.44. The van der Waals surface area contributed by atoms with Gasteiger partial charge in [-0.15, -0.1) is 6.58 Å². The van der Waals surface area contributed by atoms with E-state index in [0.29, 0.717) is 5.69 Å². The van der Waals surface area contributed by atoms with Crippen molar-refractivity contribution in [2.45, 2.75) is 4.90 Å². The first-order valence-electron chi connectivity index (χ1n) is 6.14. The van der Waals surface area contributed by atoms with Crippen molar-refractivity contribution in [3.05, 3.63) is 30.9 Å². The van der Waals surface area contributed by atoms with Crippen LogP contribution in [0.25, 0.3) is 0 Å². The van der Waals surface area contributed by atoms with Gasteiger partial charge in [-0.2, -0.15) is 11.8 Å². The predicted octanol–water partition coefficient (Wildman–Crippen LogP) is 1.85. The van der Waals surface area contributed by atoms with Gasteiger partial charge in [-0.05, 0) is 18.2 Å². The van der Waals surface area contributed by atoms with Crippen LogP contribution in [0.15, 0.2) is 35.7 Å². The molecule has 0 fully saturated rings. The molecule has 0 aromatic heterocycles. The molecule has 0 aliphatic heterocycles. The van der Waals surface area contributed by atoms with Gasteiger partial charge in [-0.25, -0.2) is 12.7 Å². The van der Waals surface area contributed by atoms with Gasteiger partial charge in [0.25, 0.3) is 0 Å². The summed E-state index contributed by atoms with van der Waals surface area (Å²) in [6, 6.07) is 4.74. The van der Waals surface area contributed by atoms with E-state index in [4.69, 9.17) is 5.73 Å². The molecule has 112 valence electrons. The van der Waals surface area contributed by atoms with Crippen LogP contribution < -0.4 is 11.1 Å². The van der Waals surface area contributed by atoms with Crippen molar-refractivity contribution >= 4 is 33.2 Å². The van der Waals surface area contributed by atoms with Gasteiger partial charge >= 0.3 is 0 Å². The number of sulfonamides is 1. The summed E-state index contributed by atoms with van der Waals surface area (Å²) in [4.78, 5) is 0.201. The maximum atomic E-state index is 12.0. The zero-order chi connectivity index (χ0) is 15.2. The van der Waals surface area contributed by atoms with Crippen LogP contribution in [-0.2, 0) is 10.0 Å². The highest BCUT2D eigenvalue weighted by atomic mass is 32.2. The number of nitrogens with one attached hydrogen (secondary N) is 1. The molecule has 5 nitrogen and oxygen atoms in total. The summed E-state index contributed by atoms with van der Waals surface area (Å²) in [6.07, 6.45) is 1.86. The molecule has 0 spiro atoms. The maximum absolute atomic E-state index is 12.0. The van der Waals surface area contributed by atoms with Gasteiger partial charge in [0.2, 0.25) is 10.0 Å². The molecule has 0 amide bonds. The summed E-state index contributed by atoms with van der Waals surface area (Å²) < 4.78 is 25.1. The van der Waals surface area contributed by atoms with Crippen LogP contribution in [0.3, 0.4) is 0 Å². The van der Waals surface area contributed by atoms with Gasteiger partial charge in [0.15, 0.2) is 0 Å². The Balaban J connectivity index is 2.72. The summed E-state index contributed by atoms with van der Waals surface area (Å²) in [5.74, 6) is 1.85. The number of nitrogens with two attached hydrogens (primary N) is 1. The number of anilines is 2. The molecule has 1 aromatic carbocycles. The summed E-state index contributed by atoms with van der Waals surface area (Å²) in [5.41, 5.74) is 7.07. The van der Waals surface area contributed by atoms with E-state index in [1.165, 1.54) is 24.5 Å². The zero-order valence-electron chi connectivity index (χ0n) is 11.8. The highest BCUT2D eigenvalue weighted by molar-refractivity contribution is 7.99. The van der Waals surface area contributed by atoms with Gasteiger partial charge < -0.3 is 11.1 Å². The number of nitrogens with zero attached hydrogens (tertiary/aromatic N) is 1. The molecule has 0 heterocycles. The summed E-state index contributed by atoms with van der Waals surface area (Å²) >= 11 is 1.77. The largest absolute Gasteiger partial charge is 0.397 e. The van der Waals surface area contributed by atoms with Crippen LogP contribution in [0, 0.1) is 0 Å². The zero-order valence-corrected chi connectivity index (χ0v) is 13.4. The van der Waals surface area contributed by atoms with E-state index < -0.39 is 10.0 Å². The Morgan fingerprint density at radius 3 is 2.70 bits per heavy atom. The number of thioether (sulfide) groups is 1. The molecule has 1 rings (SSSR count). The van der Waals surface area contributed by atoms with E-state index in [2.05, 4.69) is 11.9 Å². The highest BCUT2D eigenvalue weighted by Crippen LogP contribution is 2.23. The Hall–Kier alpha value is -1.18. The second-order valence-corrected chi connectivity index (χ2v) is 7.63. The first kappa shape index (κ1) is 16.9. The van der Waals surface area contributed by atoms with Crippen molar-refractivity contribution in [1.82, 2.24) is 4.31 Å². The molecular weight excluding hydrogens is 294 g/mol. The molecule has 20 heavy (non-hydrogen) atoms. The van der Waals surface area contributed by atoms with E-state index in [-0.39, 0.29) is 4.90 Å². The molecule has 0 saturated heterocycles. The maximum Gasteiger partial charge on any atom is 0.242 e. The van der Waals surface area contributed by atoms with Crippen LogP contribution in [0.4, 0.5) is 11.4 Å². The van der Waals surface area contributed by atoms with E-state index in [0.717, 1.165) is 23.7 Å². The smallest absolute Gasteiger partial charge is 0.242 e. The topological polar surface area (TPSA) is 75.4 Å². The third-order valence-corrected chi connectivity index (χ3v) is 5.37. The minimum absolute atomic E-state index is 0.201. The van der Waals surface area contributed by atoms with Crippen LogP contribution in [0.2, 0.25) is 0 Å². The highest BCUT2D eigenvalue weighted by Gasteiger charge is 2.17. The minimum Gasteiger partial charge on any atom is -0.397 e. The molecule has 0 radical (unpaired) electrons. The average molecular weight is 315 g/mol. The Kier molecular flexibility index (Phi) is 6.38. The fourth-order valence-electron chi connectivity index (χ4n) is 1.50. The summed E-state index contributed by atoms with van der Waals surface area (Å²) in [7, 11) is -0.449. The third kappa shape index (κ3) is 4.43. The first-order chi connectivity index (χ1) is 9.39. The molecule has 0 saturated carbocycles. The molecule has 0 bridgehead atoms. The van der Waals surface area contributed by atoms with E-state index in [1.807, 2.05) is 6.08 Å². The molecule has 7 heteroatoms. The van der Waals surface area contributed by atoms with Gasteiger partial charge in [0.1, 0.15) is 0 Å². The molecule has 0 aliphatic carbocycles. The van der Waals surface area contributed by atoms with Gasteiger partial charge in [-0.1, -0.05) is 6.08 Å². The summed E-state index contributed by atoms with van der Waals surface area (Å²) in [5, 5.41) is 3.19. The monoisotopic (exact) mass is 315 g/mol. The van der Waals surface area contributed by atoms with Crippen molar-refractivity contribution in [1.29, 1.82) is 0 Å². The Labute approximate surface area is 125 Å². The van der Waals surface area contributed by atoms with E-state index >= 15 is 0 Å². The molecular formula is C13H21N3O2S2. The predicted molar refractivity (Wildman–Crippen MR) is 87.7 cm³/mol. The molecule has 0 unspecified atom stereocenters. The van der Waals surface area contributed by atoms with Crippen molar-refractivity contribution in [2.75, 3.05) is 43.2 Å². The lowest BCUT2D eigenvalue weighted by Gasteiger charge is -2.14. The quantitative estimate of drug-likeness (QED) is 0.435. The van der Waals surface area contributed by atoms with Gasteiger partial charge in [0.05, 0.1) is 16.3 Å². The molecule has 0 aliphatic rings. The normalized spacial score (nSPS) is 11.6. The van der Waals surface area contributed by atoms with Crippen LogP contribution >= 0.6 is 11.8 Å². The number of nitrogen functional groups attached to an aromatic ring is 1. The average Bonchev–Trinajstić information content (AvgIpc) is 2.39. The Bertz CT molecular complexity index is 557. The van der Waals surface area contributed by atoms with Crippen LogP contribution in [0.1, 0.15) is 0 Å². The van der Waals surface area contributed by atoms with Crippen molar-refractivity contribution in [3.63, 3.8) is 0 Å². The van der Waals surface area contributed by atoms with Crippen molar-refractivity contribution in [3.8, 4) is 0 Å². The van der Waals surface area contributed by atoms with Gasteiger partial charge in [0, 0.05) is 32.1 Å². The summed E-state index contributed by atoms with van der Waals surface area (Å²) in [6.45, 7) is 4.42. The second kappa shape index (κ2) is 7.56. The SMILES string of the molecule is C=CCSCCNc1ccc(S(=O)(=O)N(C)C)cc1N. The van der Waals surface area contributed by atoms with E-state index in [9.17, 15) is 8.42 Å². The third-order valence-electron chi connectivity index (χ3n) is 2.60. The fraction of sp³-hybridized carbons (Fsp3) is 0.385. The van der Waals surface area contributed by atoms with Crippen molar-refractivity contribution in [2.24, 2.45) is 0 Å². The van der Waals surface area contributed by atoms with E-state index in [1.54, 1.807) is 23.9 Å². The van der Waals surface area contributed by atoms with Crippen molar-refractivity contribution < 1.29 is 8.42 Å². The molecule has 0 atom stereocenters. The molecule has 1 aromatic rings. The Morgan fingerprint density at radius 1 is 1.45 bits per heavy atom. The number of hydrogen-bond donors (Lipinski definition) is 2. The number of benzene rings is 1. The lowest BCUT2D eigenvalue weighted by Crippen LogP contribution is -2.22. The Morgan fingerprint density at radius 2 is 2.15 bits per heavy atom.